The highest BCUT2D eigenvalue weighted by Crippen LogP contribution is 2.19. The van der Waals surface area contributed by atoms with E-state index in [0.717, 1.165) is 27.6 Å². The summed E-state index contributed by atoms with van der Waals surface area (Å²) in [7, 11) is 2.66. The molecular weight excluding hydrogens is 353 g/mol. The summed E-state index contributed by atoms with van der Waals surface area (Å²) < 4.78 is 0. The summed E-state index contributed by atoms with van der Waals surface area (Å²) in [5, 5.41) is 3.72. The lowest BCUT2D eigenvalue weighted by Gasteiger charge is -2.07. The highest BCUT2D eigenvalue weighted by Gasteiger charge is 2.08. The maximum atomic E-state index is 12.5. The Hall–Kier alpha value is -3.03. The number of hydrogen-bond donors (Lipinski definition) is 1. The fraction of sp³-hybridized carbons (Fsp3) is 0.0435. The summed E-state index contributed by atoms with van der Waals surface area (Å²) in [5.41, 5.74) is 4.84. The number of aryl methyl sites for hydroxylation is 1. The Labute approximate surface area is 161 Å². The van der Waals surface area contributed by atoms with Crippen LogP contribution < -0.4 is 10.6 Å². The van der Waals surface area contributed by atoms with Crippen molar-refractivity contribution in [1.82, 2.24) is 5.32 Å². The van der Waals surface area contributed by atoms with Crippen LogP contribution >= 0.6 is 9.24 Å². The molecule has 0 aliphatic rings. The molecule has 134 valence electrons. The molecule has 3 aromatic rings. The van der Waals surface area contributed by atoms with E-state index in [-0.39, 0.29) is 11.6 Å². The third kappa shape index (κ3) is 4.78. The smallest absolute Gasteiger partial charge is 0.255 e. The predicted molar refractivity (Wildman–Crippen MR) is 114 cm³/mol. The van der Waals surface area contributed by atoms with E-state index >= 15 is 0 Å². The standard InChI is InChI=1S/C23H20NO2P/c1-16-7-8-17(14-22(16)27)13-21(15-25)24-23(26)20-11-9-19(10-12-20)18-5-3-2-4-6-18/h2-15H,27H2,1H3,(H,24,26)/b21-13+. The average molecular weight is 373 g/mol. The first-order valence-electron chi connectivity index (χ1n) is 8.56. The van der Waals surface area contributed by atoms with Crippen molar-refractivity contribution in [2.75, 3.05) is 0 Å². The number of rotatable bonds is 5. The van der Waals surface area contributed by atoms with Crippen molar-refractivity contribution in [3.8, 4) is 11.1 Å². The molecule has 27 heavy (non-hydrogen) atoms. The van der Waals surface area contributed by atoms with Crippen LogP contribution in [0, 0.1) is 6.92 Å². The molecule has 4 heteroatoms. The SMILES string of the molecule is Cc1ccc(/C=C(\C=O)NC(=O)c2ccc(-c3ccccc3)cc2)cc1P. The summed E-state index contributed by atoms with van der Waals surface area (Å²) in [6.45, 7) is 2.01. The molecule has 0 radical (unpaired) electrons. The van der Waals surface area contributed by atoms with E-state index < -0.39 is 0 Å². The minimum atomic E-state index is -0.314. The first kappa shape index (κ1) is 18.8. The molecule has 0 spiro atoms. The number of aldehydes is 1. The molecule has 0 aliphatic heterocycles. The van der Waals surface area contributed by atoms with Crippen LogP contribution in [-0.4, -0.2) is 12.2 Å². The summed E-state index contributed by atoms with van der Waals surface area (Å²) in [5.74, 6) is -0.314. The molecule has 0 fully saturated rings. The largest absolute Gasteiger partial charge is 0.319 e. The Morgan fingerprint density at radius 2 is 1.59 bits per heavy atom. The quantitative estimate of drug-likeness (QED) is 0.415. The molecule has 0 bridgehead atoms. The molecule has 1 unspecified atom stereocenters. The van der Waals surface area contributed by atoms with Crippen LogP contribution in [-0.2, 0) is 4.79 Å². The van der Waals surface area contributed by atoms with E-state index in [1.54, 1.807) is 18.2 Å². The lowest BCUT2D eigenvalue weighted by atomic mass is 10.0. The molecule has 3 nitrogen and oxygen atoms in total. The van der Waals surface area contributed by atoms with Gasteiger partial charge in [-0.25, -0.2) is 0 Å². The Morgan fingerprint density at radius 3 is 2.22 bits per heavy atom. The van der Waals surface area contributed by atoms with Gasteiger partial charge in [0.15, 0.2) is 6.29 Å². The van der Waals surface area contributed by atoms with E-state index in [1.807, 2.05) is 67.6 Å². The Bertz CT molecular complexity index is 993. The molecule has 0 aliphatic carbocycles. The van der Waals surface area contributed by atoms with Gasteiger partial charge in [0.05, 0.1) is 5.70 Å². The Balaban J connectivity index is 1.75. The average Bonchev–Trinajstić information content (AvgIpc) is 2.71. The van der Waals surface area contributed by atoms with Crippen molar-refractivity contribution in [3.05, 3.63) is 95.2 Å². The van der Waals surface area contributed by atoms with Gasteiger partial charge in [-0.1, -0.05) is 54.6 Å². The third-order valence-electron chi connectivity index (χ3n) is 4.26. The van der Waals surface area contributed by atoms with Gasteiger partial charge in [-0.3, -0.25) is 9.59 Å². The Morgan fingerprint density at radius 1 is 0.926 bits per heavy atom. The van der Waals surface area contributed by atoms with Crippen molar-refractivity contribution in [2.45, 2.75) is 6.92 Å². The van der Waals surface area contributed by atoms with E-state index in [2.05, 4.69) is 14.6 Å². The van der Waals surface area contributed by atoms with Gasteiger partial charge < -0.3 is 5.32 Å². The predicted octanol–water partition coefficient (Wildman–Crippen LogP) is 4.13. The van der Waals surface area contributed by atoms with Gasteiger partial charge in [-0.15, -0.1) is 9.24 Å². The van der Waals surface area contributed by atoms with Crippen LogP contribution in [0.25, 0.3) is 17.2 Å². The molecule has 0 aromatic heterocycles. The second kappa shape index (κ2) is 8.57. The van der Waals surface area contributed by atoms with Crippen LogP contribution in [0.3, 0.4) is 0 Å². The number of hydrogen-bond acceptors (Lipinski definition) is 2. The number of nitrogens with one attached hydrogen (secondary N) is 1. The molecule has 1 N–H and O–H groups in total. The third-order valence-corrected chi connectivity index (χ3v) is 4.89. The van der Waals surface area contributed by atoms with E-state index in [1.165, 1.54) is 0 Å². The first-order valence-corrected chi connectivity index (χ1v) is 9.14. The van der Waals surface area contributed by atoms with Crippen LogP contribution in [0.15, 0.2) is 78.5 Å². The summed E-state index contributed by atoms with van der Waals surface area (Å²) in [6.07, 6.45) is 2.31. The molecule has 3 rings (SSSR count). The van der Waals surface area contributed by atoms with Crippen molar-refractivity contribution < 1.29 is 9.59 Å². The number of carbonyl (C=O) groups is 2. The molecule has 0 heterocycles. The number of amides is 1. The number of allylic oxidation sites excluding steroid dienone is 1. The second-order valence-electron chi connectivity index (χ2n) is 6.23. The maximum Gasteiger partial charge on any atom is 0.255 e. The first-order chi connectivity index (χ1) is 13.1. The lowest BCUT2D eigenvalue weighted by molar-refractivity contribution is -0.105. The lowest BCUT2D eigenvalue weighted by Crippen LogP contribution is -2.23. The zero-order valence-corrected chi connectivity index (χ0v) is 16.1. The summed E-state index contributed by atoms with van der Waals surface area (Å²) >= 11 is 0. The molecule has 0 saturated carbocycles. The summed E-state index contributed by atoms with van der Waals surface area (Å²) in [4.78, 5) is 23.8. The normalized spacial score (nSPS) is 11.1. The van der Waals surface area contributed by atoms with Gasteiger partial charge in [-0.2, -0.15) is 0 Å². The van der Waals surface area contributed by atoms with Gasteiger partial charge in [0.2, 0.25) is 0 Å². The van der Waals surface area contributed by atoms with Crippen LogP contribution in [0.4, 0.5) is 0 Å². The number of benzene rings is 3. The van der Waals surface area contributed by atoms with Crippen LogP contribution in [0.5, 0.6) is 0 Å². The highest BCUT2D eigenvalue weighted by molar-refractivity contribution is 7.27. The minimum Gasteiger partial charge on any atom is -0.319 e. The van der Waals surface area contributed by atoms with Gasteiger partial charge in [0.25, 0.3) is 5.91 Å². The molecule has 1 amide bonds. The maximum absolute atomic E-state index is 12.5. The van der Waals surface area contributed by atoms with Crippen LogP contribution in [0.1, 0.15) is 21.5 Å². The van der Waals surface area contributed by atoms with Crippen molar-refractivity contribution >= 4 is 32.8 Å². The number of carbonyl (C=O) groups excluding carboxylic acids is 2. The molecule has 3 aromatic carbocycles. The second-order valence-corrected chi connectivity index (χ2v) is 6.85. The fourth-order valence-electron chi connectivity index (χ4n) is 2.68. The van der Waals surface area contributed by atoms with Crippen LogP contribution in [0.2, 0.25) is 0 Å². The topological polar surface area (TPSA) is 46.2 Å². The molecular formula is C23H20NO2P. The van der Waals surface area contributed by atoms with E-state index in [0.29, 0.717) is 11.8 Å². The van der Waals surface area contributed by atoms with Crippen molar-refractivity contribution in [1.29, 1.82) is 0 Å². The van der Waals surface area contributed by atoms with Gasteiger partial charge >= 0.3 is 0 Å². The van der Waals surface area contributed by atoms with Crippen molar-refractivity contribution in [3.63, 3.8) is 0 Å². The highest BCUT2D eigenvalue weighted by atomic mass is 31.0. The Kier molecular flexibility index (Phi) is 5.95. The zero-order valence-electron chi connectivity index (χ0n) is 15.0. The van der Waals surface area contributed by atoms with Gasteiger partial charge in [0.1, 0.15) is 0 Å². The fourth-order valence-corrected chi connectivity index (χ4v) is 2.96. The minimum absolute atomic E-state index is 0.223. The molecule has 0 saturated heterocycles. The van der Waals surface area contributed by atoms with Crippen molar-refractivity contribution in [2.24, 2.45) is 0 Å². The van der Waals surface area contributed by atoms with E-state index in [4.69, 9.17) is 0 Å². The van der Waals surface area contributed by atoms with Gasteiger partial charge in [0, 0.05) is 5.56 Å². The van der Waals surface area contributed by atoms with E-state index in [9.17, 15) is 9.59 Å². The summed E-state index contributed by atoms with van der Waals surface area (Å²) in [6, 6.07) is 23.1. The van der Waals surface area contributed by atoms with Gasteiger partial charge in [-0.05, 0) is 58.8 Å². The zero-order chi connectivity index (χ0) is 19.2. The molecule has 1 atom stereocenters. The monoisotopic (exact) mass is 373 g/mol.